The first kappa shape index (κ1) is 18.1. The van der Waals surface area contributed by atoms with E-state index in [1.165, 1.54) is 10.9 Å². The number of hydrazone groups is 1. The van der Waals surface area contributed by atoms with Gasteiger partial charge in [0.2, 0.25) is 0 Å². The van der Waals surface area contributed by atoms with Crippen molar-refractivity contribution in [2.24, 2.45) is 5.10 Å². The highest BCUT2D eigenvalue weighted by molar-refractivity contribution is 6.01. The zero-order valence-electron chi connectivity index (χ0n) is 15.2. The minimum atomic E-state index is -0.397. The lowest BCUT2D eigenvalue weighted by Gasteiger charge is -2.03. The maximum Gasteiger partial charge on any atom is 0.280 e. The summed E-state index contributed by atoms with van der Waals surface area (Å²) in [5.74, 6) is 0.303. The van der Waals surface area contributed by atoms with E-state index in [2.05, 4.69) is 20.6 Å². The summed E-state index contributed by atoms with van der Waals surface area (Å²) in [6, 6.07) is 10.4. The Labute approximate surface area is 155 Å². The molecule has 1 amide bonds. The van der Waals surface area contributed by atoms with Gasteiger partial charge < -0.3 is 4.74 Å². The van der Waals surface area contributed by atoms with Crippen LogP contribution in [0.5, 0.6) is 5.75 Å². The zero-order chi connectivity index (χ0) is 19.4. The van der Waals surface area contributed by atoms with Gasteiger partial charge in [0.25, 0.3) is 11.5 Å². The summed E-state index contributed by atoms with van der Waals surface area (Å²) in [4.78, 5) is 28.8. The van der Waals surface area contributed by atoms with Crippen molar-refractivity contribution >= 4 is 11.6 Å². The summed E-state index contributed by atoms with van der Waals surface area (Å²) in [5.41, 5.74) is 4.69. The van der Waals surface area contributed by atoms with Gasteiger partial charge in [-0.2, -0.15) is 5.10 Å². The van der Waals surface area contributed by atoms with Crippen LogP contribution in [0.3, 0.4) is 0 Å². The lowest BCUT2D eigenvalue weighted by atomic mass is 10.2. The second-order valence-electron chi connectivity index (χ2n) is 5.83. The summed E-state index contributed by atoms with van der Waals surface area (Å²) in [6.07, 6.45) is 3.02. The summed E-state index contributed by atoms with van der Waals surface area (Å²) in [7, 11) is 1.58. The minimum absolute atomic E-state index is 0.255. The molecule has 27 heavy (non-hydrogen) atoms. The Balaban J connectivity index is 1.87. The largest absolute Gasteiger partial charge is 0.497 e. The van der Waals surface area contributed by atoms with Gasteiger partial charge in [-0.3, -0.25) is 19.7 Å². The molecule has 8 nitrogen and oxygen atoms in total. The number of ether oxygens (including phenoxy) is 1. The van der Waals surface area contributed by atoms with Crippen LogP contribution in [0.4, 0.5) is 0 Å². The fourth-order valence-corrected chi connectivity index (χ4v) is 2.64. The first-order chi connectivity index (χ1) is 13.0. The first-order valence-corrected chi connectivity index (χ1v) is 8.22. The third kappa shape index (κ3) is 3.79. The van der Waals surface area contributed by atoms with Crippen LogP contribution in [0.2, 0.25) is 0 Å². The Morgan fingerprint density at radius 3 is 2.63 bits per heavy atom. The number of carbonyl (C=O) groups excluding carboxylic acids is 1. The molecule has 0 saturated heterocycles. The fourth-order valence-electron chi connectivity index (χ4n) is 2.64. The maximum atomic E-state index is 12.8. The Bertz CT molecular complexity index is 1030. The minimum Gasteiger partial charge on any atom is -0.497 e. The highest BCUT2D eigenvalue weighted by Gasteiger charge is 2.15. The molecule has 0 aliphatic heterocycles. The van der Waals surface area contributed by atoms with Gasteiger partial charge in [-0.1, -0.05) is 0 Å². The molecule has 0 atom stereocenters. The Hall–Kier alpha value is -3.68. The number of nitrogens with one attached hydrogen (secondary N) is 2. The second-order valence-corrected chi connectivity index (χ2v) is 5.83. The number of nitrogens with zero attached hydrogens (tertiary/aromatic N) is 3. The fraction of sp³-hybridized carbons (Fsp3) is 0.158. The number of aryl methyl sites for hydroxylation is 1. The molecular weight excluding hydrogens is 346 g/mol. The third-order valence-electron chi connectivity index (χ3n) is 4.01. The molecule has 2 aromatic heterocycles. The predicted molar refractivity (Wildman–Crippen MR) is 102 cm³/mol. The van der Waals surface area contributed by atoms with Gasteiger partial charge >= 0.3 is 0 Å². The molecule has 3 rings (SSSR count). The van der Waals surface area contributed by atoms with Crippen molar-refractivity contribution in [2.45, 2.75) is 13.8 Å². The smallest absolute Gasteiger partial charge is 0.280 e. The van der Waals surface area contributed by atoms with Crippen molar-refractivity contribution < 1.29 is 9.53 Å². The van der Waals surface area contributed by atoms with Crippen molar-refractivity contribution in [3.8, 4) is 11.4 Å². The first-order valence-electron chi connectivity index (χ1n) is 8.22. The van der Waals surface area contributed by atoms with Crippen LogP contribution in [-0.2, 0) is 0 Å². The quantitative estimate of drug-likeness (QED) is 0.533. The van der Waals surface area contributed by atoms with E-state index in [1.807, 2.05) is 0 Å². The standard InChI is InChI=1S/C19H19N5O3/c1-12(21-22-18(25)14-5-4-10-20-11-14)17-13(2)23-24(19(17)26)15-6-8-16(27-3)9-7-15/h4-11,23H,1-3H3,(H,22,25)/b21-12+. The molecular formula is C19H19N5O3. The van der Waals surface area contributed by atoms with Crippen LogP contribution in [-0.4, -0.2) is 33.5 Å². The average Bonchev–Trinajstić information content (AvgIpc) is 3.00. The molecule has 0 aliphatic rings. The number of methoxy groups -OCH3 is 1. The maximum absolute atomic E-state index is 12.8. The Morgan fingerprint density at radius 1 is 1.26 bits per heavy atom. The van der Waals surface area contributed by atoms with Crippen molar-refractivity contribution in [1.29, 1.82) is 0 Å². The number of benzene rings is 1. The summed E-state index contributed by atoms with van der Waals surface area (Å²) in [6.45, 7) is 3.44. The van der Waals surface area contributed by atoms with E-state index >= 15 is 0 Å². The number of hydrogen-bond acceptors (Lipinski definition) is 5. The SMILES string of the molecule is COc1ccc(-n2[nH]c(C)c(/C(C)=N/NC(=O)c3cccnc3)c2=O)cc1. The van der Waals surface area contributed by atoms with Crippen LogP contribution in [0.25, 0.3) is 5.69 Å². The van der Waals surface area contributed by atoms with Crippen molar-refractivity contribution in [1.82, 2.24) is 20.2 Å². The van der Waals surface area contributed by atoms with E-state index in [9.17, 15) is 9.59 Å². The highest BCUT2D eigenvalue weighted by atomic mass is 16.5. The van der Waals surface area contributed by atoms with Crippen LogP contribution >= 0.6 is 0 Å². The van der Waals surface area contributed by atoms with Gasteiger partial charge in [-0.25, -0.2) is 10.1 Å². The lowest BCUT2D eigenvalue weighted by Crippen LogP contribution is -2.23. The number of rotatable bonds is 5. The number of pyridine rings is 1. The van der Waals surface area contributed by atoms with Gasteiger partial charge in [0.1, 0.15) is 5.75 Å². The summed E-state index contributed by atoms with van der Waals surface area (Å²) < 4.78 is 6.55. The third-order valence-corrected chi connectivity index (χ3v) is 4.01. The number of aromatic nitrogens is 3. The molecule has 0 spiro atoms. The molecule has 0 aliphatic carbocycles. The normalized spacial score (nSPS) is 11.3. The number of amides is 1. The van der Waals surface area contributed by atoms with Crippen LogP contribution < -0.4 is 15.7 Å². The zero-order valence-corrected chi connectivity index (χ0v) is 15.2. The summed E-state index contributed by atoms with van der Waals surface area (Å²) in [5, 5.41) is 7.09. The van der Waals surface area contributed by atoms with Gasteiger partial charge in [-0.05, 0) is 50.2 Å². The van der Waals surface area contributed by atoms with Crippen molar-refractivity contribution in [3.63, 3.8) is 0 Å². The van der Waals surface area contributed by atoms with Crippen LogP contribution in [0, 0.1) is 6.92 Å². The second kappa shape index (κ2) is 7.69. The molecule has 0 unspecified atom stereocenters. The lowest BCUT2D eigenvalue weighted by molar-refractivity contribution is 0.0954. The van der Waals surface area contributed by atoms with Gasteiger partial charge in [0.05, 0.1) is 29.6 Å². The van der Waals surface area contributed by atoms with Gasteiger partial charge in [0, 0.05) is 18.1 Å². The van der Waals surface area contributed by atoms with E-state index in [0.29, 0.717) is 34.0 Å². The van der Waals surface area contributed by atoms with E-state index in [4.69, 9.17) is 4.74 Å². The molecule has 8 heteroatoms. The van der Waals surface area contributed by atoms with E-state index in [0.717, 1.165) is 0 Å². The Morgan fingerprint density at radius 2 is 2.00 bits per heavy atom. The number of carbonyl (C=O) groups is 1. The molecule has 0 saturated carbocycles. The molecule has 2 heterocycles. The monoisotopic (exact) mass is 365 g/mol. The van der Waals surface area contributed by atoms with E-state index in [1.54, 1.807) is 63.6 Å². The molecule has 1 aromatic carbocycles. The topological polar surface area (TPSA) is 101 Å². The highest BCUT2D eigenvalue weighted by Crippen LogP contribution is 2.14. The van der Waals surface area contributed by atoms with Crippen molar-refractivity contribution in [3.05, 3.63) is 76.0 Å². The molecule has 2 N–H and O–H groups in total. The van der Waals surface area contributed by atoms with E-state index < -0.39 is 5.91 Å². The van der Waals surface area contributed by atoms with Gasteiger partial charge in [-0.15, -0.1) is 0 Å². The van der Waals surface area contributed by atoms with E-state index in [-0.39, 0.29) is 5.56 Å². The summed E-state index contributed by atoms with van der Waals surface area (Å²) >= 11 is 0. The Kier molecular flexibility index (Phi) is 5.16. The number of hydrogen-bond donors (Lipinski definition) is 2. The molecule has 0 bridgehead atoms. The van der Waals surface area contributed by atoms with Crippen LogP contribution in [0.1, 0.15) is 28.5 Å². The predicted octanol–water partition coefficient (Wildman–Crippen LogP) is 2.03. The molecule has 3 aromatic rings. The number of aromatic amines is 1. The molecule has 0 fully saturated rings. The van der Waals surface area contributed by atoms with Gasteiger partial charge in [0.15, 0.2) is 0 Å². The van der Waals surface area contributed by atoms with Crippen LogP contribution in [0.15, 0.2) is 58.7 Å². The molecule has 0 radical (unpaired) electrons. The van der Waals surface area contributed by atoms with Crippen molar-refractivity contribution in [2.75, 3.05) is 7.11 Å². The average molecular weight is 365 g/mol. The molecule has 138 valence electrons. The number of H-pyrrole nitrogens is 1.